The first kappa shape index (κ1) is 41.6. The predicted octanol–water partition coefficient (Wildman–Crippen LogP) is 4.34. The third-order valence-corrected chi connectivity index (χ3v) is 6.66. The van der Waals surface area contributed by atoms with Crippen LogP contribution in [0.15, 0.2) is 48.5 Å². The summed E-state index contributed by atoms with van der Waals surface area (Å²) in [7, 11) is 1.42. The van der Waals surface area contributed by atoms with Crippen molar-refractivity contribution in [1.29, 1.82) is 0 Å². The van der Waals surface area contributed by atoms with E-state index in [1.165, 1.54) is 57.4 Å². The van der Waals surface area contributed by atoms with Gasteiger partial charge in [0.15, 0.2) is 0 Å². The number of unbranched alkanes of at least 4 members (excludes halogenated alkanes) is 1. The number of nitrogens with two attached hydrogens (primary N) is 1. The average Bonchev–Trinajstić information content (AvgIpc) is 3.00. The Bertz CT molecular complexity index is 1410. The Labute approximate surface area is 276 Å². The van der Waals surface area contributed by atoms with Crippen molar-refractivity contribution in [2.24, 2.45) is 11.7 Å². The Morgan fingerprint density at radius 1 is 0.875 bits per heavy atom. The Morgan fingerprint density at radius 2 is 1.46 bits per heavy atom. The largest absolute Gasteiger partial charge is 0.497 e. The number of carboxylic acids is 1. The minimum atomic E-state index is -5.18. The van der Waals surface area contributed by atoms with Crippen molar-refractivity contribution in [2.75, 3.05) is 13.7 Å². The number of rotatable bonds is 14. The highest BCUT2D eigenvalue weighted by molar-refractivity contribution is 6.31. The van der Waals surface area contributed by atoms with E-state index in [-0.39, 0.29) is 17.5 Å². The molecule has 0 aliphatic heterocycles. The smallest absolute Gasteiger partial charge is 0.490 e. The lowest BCUT2D eigenvalue weighted by molar-refractivity contribution is -0.192. The van der Waals surface area contributed by atoms with Crippen molar-refractivity contribution in [3.63, 3.8) is 0 Å². The quantitative estimate of drug-likeness (QED) is 0.142. The van der Waals surface area contributed by atoms with Gasteiger partial charge in [-0.2, -0.15) is 26.3 Å². The summed E-state index contributed by atoms with van der Waals surface area (Å²) in [5, 5.41) is 14.7. The van der Waals surface area contributed by atoms with Gasteiger partial charge in [-0.3, -0.25) is 19.2 Å². The van der Waals surface area contributed by atoms with Crippen LogP contribution in [0.25, 0.3) is 0 Å². The zero-order chi connectivity index (χ0) is 36.8. The second-order valence-corrected chi connectivity index (χ2v) is 10.9. The molecule has 0 saturated carbocycles. The number of carbonyl (C=O) groups excluding carboxylic acids is 4. The summed E-state index contributed by atoms with van der Waals surface area (Å²) in [6.07, 6.45) is -9.10. The Balaban J connectivity index is 0.00000148. The fourth-order valence-corrected chi connectivity index (χ4v) is 4.11. The first-order valence-corrected chi connectivity index (χ1v) is 14.5. The first-order valence-electron chi connectivity index (χ1n) is 14.1. The number of nitrogens with one attached hydrogen (secondary N) is 3. The van der Waals surface area contributed by atoms with Crippen LogP contribution in [0, 0.1) is 5.92 Å². The van der Waals surface area contributed by atoms with Gasteiger partial charge < -0.3 is 31.5 Å². The van der Waals surface area contributed by atoms with Crippen molar-refractivity contribution in [3.8, 4) is 5.75 Å². The van der Waals surface area contributed by atoms with Crippen LogP contribution in [0.1, 0.15) is 55.1 Å². The number of ketones is 1. The summed E-state index contributed by atoms with van der Waals surface area (Å²) in [4.78, 5) is 60.6. The number of carbonyl (C=O) groups is 5. The second kappa shape index (κ2) is 18.8. The number of Topliss-reactive ketones (excluding diaryl/α,β-unsaturated/α-hetero) is 1. The molecule has 3 amide bonds. The molecule has 266 valence electrons. The average molecular weight is 713 g/mol. The highest BCUT2D eigenvalue weighted by atomic mass is 35.5. The highest BCUT2D eigenvalue weighted by Crippen LogP contribution is 2.23. The van der Waals surface area contributed by atoms with Crippen molar-refractivity contribution in [2.45, 2.75) is 63.6 Å². The number of alkyl halides is 6. The summed E-state index contributed by atoms with van der Waals surface area (Å²) in [5.41, 5.74) is 5.98. The number of benzene rings is 2. The van der Waals surface area contributed by atoms with Gasteiger partial charge in [0.25, 0.3) is 11.7 Å². The minimum absolute atomic E-state index is 0.160. The molecule has 6 N–H and O–H groups in total. The second-order valence-electron chi connectivity index (χ2n) is 10.4. The summed E-state index contributed by atoms with van der Waals surface area (Å²) in [6, 6.07) is 7.47. The molecular weight excluding hydrogens is 678 g/mol. The molecule has 0 fully saturated rings. The van der Waals surface area contributed by atoms with Crippen LogP contribution in [0.4, 0.5) is 26.3 Å². The van der Waals surface area contributed by atoms with Gasteiger partial charge >= 0.3 is 18.3 Å². The van der Waals surface area contributed by atoms with Gasteiger partial charge in [-0.15, -0.1) is 0 Å². The lowest BCUT2D eigenvalue weighted by atomic mass is 9.97. The van der Waals surface area contributed by atoms with Crippen molar-refractivity contribution < 1.29 is 60.2 Å². The van der Waals surface area contributed by atoms with Crippen LogP contribution < -0.4 is 26.4 Å². The molecule has 0 unspecified atom stereocenters. The first-order chi connectivity index (χ1) is 22.2. The third kappa shape index (κ3) is 13.8. The zero-order valence-electron chi connectivity index (χ0n) is 25.9. The molecule has 0 aromatic heterocycles. The lowest BCUT2D eigenvalue weighted by Gasteiger charge is -2.27. The van der Waals surface area contributed by atoms with Gasteiger partial charge in [-0.05, 0) is 67.6 Å². The maximum atomic E-state index is 13.5. The maximum Gasteiger partial charge on any atom is 0.490 e. The molecular formula is C30H35ClF6N4O7. The topological polar surface area (TPSA) is 177 Å². The van der Waals surface area contributed by atoms with E-state index in [1.54, 1.807) is 12.1 Å². The number of halogens is 7. The lowest BCUT2D eigenvalue weighted by Crippen LogP contribution is -2.54. The highest BCUT2D eigenvalue weighted by Gasteiger charge is 2.45. The van der Waals surface area contributed by atoms with Crippen LogP contribution in [-0.2, 0) is 19.2 Å². The maximum absolute atomic E-state index is 13.5. The number of carboxylic acid groups (broad SMARTS) is 1. The zero-order valence-corrected chi connectivity index (χ0v) is 26.6. The number of ether oxygens (including phenoxy) is 1. The number of amides is 3. The summed E-state index contributed by atoms with van der Waals surface area (Å²) in [6.45, 7) is 3.06. The van der Waals surface area contributed by atoms with E-state index < -0.39 is 65.9 Å². The molecule has 2 rings (SSSR count). The summed E-state index contributed by atoms with van der Waals surface area (Å²) < 4.78 is 76.5. The number of hydrogen-bond donors (Lipinski definition) is 5. The molecule has 0 aliphatic rings. The predicted molar refractivity (Wildman–Crippen MR) is 161 cm³/mol. The van der Waals surface area contributed by atoms with E-state index in [2.05, 4.69) is 16.0 Å². The molecule has 11 nitrogen and oxygen atoms in total. The van der Waals surface area contributed by atoms with E-state index in [0.717, 1.165) is 0 Å². The molecule has 0 aliphatic carbocycles. The van der Waals surface area contributed by atoms with Crippen LogP contribution in [0.5, 0.6) is 5.75 Å². The molecule has 0 bridgehead atoms. The molecule has 2 aromatic carbocycles. The molecule has 0 spiro atoms. The van der Waals surface area contributed by atoms with Gasteiger partial charge in [-0.1, -0.05) is 43.6 Å². The Morgan fingerprint density at radius 3 is 1.92 bits per heavy atom. The van der Waals surface area contributed by atoms with Gasteiger partial charge in [0.05, 0.1) is 13.2 Å². The Kier molecular flexibility index (Phi) is 16.3. The monoisotopic (exact) mass is 712 g/mol. The SMILES string of the molecule is COc1ccc([C@H](NC(=O)[C@H](CCCCN)NC(=O)c2cccc(Cl)c2)C(=O)N[C@H](C(=O)C(F)(F)F)C(C)C)cc1.O=C(O)C(F)(F)F. The number of methoxy groups -OCH3 is 1. The van der Waals surface area contributed by atoms with Gasteiger partial charge in [0.1, 0.15) is 17.8 Å². The molecule has 18 heteroatoms. The van der Waals surface area contributed by atoms with Crippen molar-refractivity contribution in [3.05, 3.63) is 64.7 Å². The van der Waals surface area contributed by atoms with Crippen molar-refractivity contribution >= 4 is 41.1 Å². The standard InChI is InChI=1S/C28H34ClF3N4O5.C2HF3O2/c1-16(2)22(24(37)28(30,31)32)35-27(40)23(17-10-12-20(41-3)13-11-17)36-26(39)21(9-4-5-14-33)34-25(38)18-7-6-8-19(29)15-18;3-2(4,5)1(6)7/h6-8,10-13,15-16,21-23H,4-5,9,14,33H2,1-3H3,(H,34,38)(H,35,40)(H,36,39);(H,6,7)/t21-,22-,23-;/m0./s1. The molecule has 48 heavy (non-hydrogen) atoms. The molecule has 0 radical (unpaired) electrons. The Hall–Kier alpha value is -4.38. The van der Waals surface area contributed by atoms with Gasteiger partial charge in [0.2, 0.25) is 11.8 Å². The van der Waals surface area contributed by atoms with Gasteiger partial charge in [-0.25, -0.2) is 4.79 Å². The van der Waals surface area contributed by atoms with Crippen LogP contribution in [0.3, 0.4) is 0 Å². The molecule has 0 saturated heterocycles. The fraction of sp³-hybridized carbons (Fsp3) is 0.433. The van der Waals surface area contributed by atoms with E-state index in [4.69, 9.17) is 32.0 Å². The van der Waals surface area contributed by atoms with E-state index in [9.17, 15) is 45.5 Å². The van der Waals surface area contributed by atoms with Gasteiger partial charge in [0, 0.05) is 10.6 Å². The summed E-state index contributed by atoms with van der Waals surface area (Å²) >= 11 is 5.98. The van der Waals surface area contributed by atoms with Crippen LogP contribution in [0.2, 0.25) is 5.02 Å². The number of hydrogen-bond acceptors (Lipinski definition) is 7. The van der Waals surface area contributed by atoms with Crippen LogP contribution >= 0.6 is 11.6 Å². The van der Waals surface area contributed by atoms with E-state index in [1.807, 2.05) is 0 Å². The molecule has 2 aromatic rings. The summed E-state index contributed by atoms with van der Waals surface area (Å²) in [5.74, 6) is -7.75. The fourth-order valence-electron chi connectivity index (χ4n) is 3.92. The third-order valence-electron chi connectivity index (χ3n) is 6.42. The van der Waals surface area contributed by atoms with E-state index in [0.29, 0.717) is 30.2 Å². The van der Waals surface area contributed by atoms with Crippen LogP contribution in [-0.4, -0.2) is 72.7 Å². The molecule has 3 atom stereocenters. The number of aliphatic carboxylic acids is 1. The molecule has 0 heterocycles. The van der Waals surface area contributed by atoms with Crippen molar-refractivity contribution in [1.82, 2.24) is 16.0 Å². The van der Waals surface area contributed by atoms with E-state index >= 15 is 0 Å². The normalized spacial score (nSPS) is 13.2. The minimum Gasteiger partial charge on any atom is -0.497 e.